The minimum absolute atomic E-state index is 0.0143. The summed E-state index contributed by atoms with van der Waals surface area (Å²) in [6.45, 7) is 2.87. The fraction of sp³-hybridized carbons (Fsp3) is 0.818. The van der Waals surface area contributed by atoms with Crippen LogP contribution in [0.1, 0.15) is 12.8 Å². The van der Waals surface area contributed by atoms with Crippen LogP contribution in [-0.4, -0.2) is 60.1 Å². The molecule has 0 aromatic carbocycles. The number of likely N-dealkylation sites (tertiary alicyclic amines) is 1. The summed E-state index contributed by atoms with van der Waals surface area (Å²) in [6.07, 6.45) is 2.34. The Kier molecular flexibility index (Phi) is 6.36. The highest BCUT2D eigenvalue weighted by atomic mass is 32.2. The van der Waals surface area contributed by atoms with Crippen LogP contribution in [-0.2, 0) is 9.59 Å². The molecule has 1 heterocycles. The lowest BCUT2D eigenvalue weighted by atomic mass is 9.98. The van der Waals surface area contributed by atoms with Crippen LogP contribution >= 0.6 is 11.8 Å². The zero-order valence-corrected chi connectivity index (χ0v) is 11.0. The normalized spacial score (nSPS) is 21.1. The second-order valence-electron chi connectivity index (χ2n) is 4.46. The molecule has 1 aliphatic rings. The molecule has 17 heavy (non-hydrogen) atoms. The summed E-state index contributed by atoms with van der Waals surface area (Å²) in [5, 5.41) is 11.3. The lowest BCUT2D eigenvalue weighted by molar-refractivity contribution is -0.133. The molecule has 98 valence electrons. The average molecular weight is 260 g/mol. The number of hydrogen-bond donors (Lipinski definition) is 2. The molecule has 1 saturated heterocycles. The molecule has 0 bridgehead atoms. The van der Waals surface area contributed by atoms with E-state index in [2.05, 4.69) is 17.3 Å². The number of thioether (sulfide) groups is 1. The smallest absolute Gasteiger partial charge is 0.313 e. The summed E-state index contributed by atoms with van der Waals surface area (Å²) < 4.78 is 0. The third-order valence-electron chi connectivity index (χ3n) is 2.77. The fourth-order valence-corrected chi connectivity index (χ4v) is 2.54. The van der Waals surface area contributed by atoms with Crippen molar-refractivity contribution in [1.29, 1.82) is 0 Å². The Labute approximate surface area is 106 Å². The molecule has 0 aromatic rings. The molecule has 6 heteroatoms. The molecule has 2 N–H and O–H groups in total. The quantitative estimate of drug-likeness (QED) is 0.717. The van der Waals surface area contributed by atoms with E-state index in [9.17, 15) is 9.59 Å². The Morgan fingerprint density at radius 2 is 2.24 bits per heavy atom. The molecule has 0 radical (unpaired) electrons. The number of amides is 1. The van der Waals surface area contributed by atoms with Gasteiger partial charge in [-0.15, -0.1) is 11.8 Å². The lowest BCUT2D eigenvalue weighted by Crippen LogP contribution is -2.39. The van der Waals surface area contributed by atoms with Crippen LogP contribution in [0.3, 0.4) is 0 Å². The number of nitrogens with zero attached hydrogens (tertiary/aromatic N) is 1. The number of carboxylic acids is 1. The Morgan fingerprint density at radius 1 is 1.47 bits per heavy atom. The number of aliphatic carboxylic acids is 1. The predicted molar refractivity (Wildman–Crippen MR) is 68.2 cm³/mol. The topological polar surface area (TPSA) is 69.6 Å². The minimum Gasteiger partial charge on any atom is -0.481 e. The molecule has 0 aromatic heterocycles. The first kappa shape index (κ1) is 14.3. The molecular weight excluding hydrogens is 240 g/mol. The van der Waals surface area contributed by atoms with Crippen LogP contribution in [0.4, 0.5) is 0 Å². The van der Waals surface area contributed by atoms with E-state index in [1.54, 1.807) is 0 Å². The van der Waals surface area contributed by atoms with Crippen molar-refractivity contribution in [2.45, 2.75) is 12.8 Å². The molecule has 1 rings (SSSR count). The second-order valence-corrected chi connectivity index (χ2v) is 5.45. The maximum atomic E-state index is 11.4. The molecule has 1 atom stereocenters. The van der Waals surface area contributed by atoms with Crippen LogP contribution in [0, 0.1) is 5.92 Å². The molecule has 1 fully saturated rings. The van der Waals surface area contributed by atoms with E-state index >= 15 is 0 Å². The van der Waals surface area contributed by atoms with Gasteiger partial charge in [0.15, 0.2) is 0 Å². The molecule has 0 spiro atoms. The van der Waals surface area contributed by atoms with E-state index in [4.69, 9.17) is 5.11 Å². The maximum Gasteiger partial charge on any atom is 0.313 e. The van der Waals surface area contributed by atoms with Crippen LogP contribution in [0.5, 0.6) is 0 Å². The largest absolute Gasteiger partial charge is 0.481 e. The zero-order valence-electron chi connectivity index (χ0n) is 10.1. The van der Waals surface area contributed by atoms with Gasteiger partial charge in [-0.3, -0.25) is 9.59 Å². The molecule has 1 aliphatic heterocycles. The van der Waals surface area contributed by atoms with Crippen molar-refractivity contribution in [2.24, 2.45) is 5.92 Å². The van der Waals surface area contributed by atoms with E-state index in [1.807, 2.05) is 0 Å². The van der Waals surface area contributed by atoms with Crippen molar-refractivity contribution < 1.29 is 14.7 Å². The number of hydrogen-bond acceptors (Lipinski definition) is 4. The highest BCUT2D eigenvalue weighted by Crippen LogP contribution is 2.13. The first-order chi connectivity index (χ1) is 8.08. The number of piperidine rings is 1. The Hall–Kier alpha value is -0.750. The summed E-state index contributed by atoms with van der Waals surface area (Å²) >= 11 is 1.13. The SMILES string of the molecule is CN1CCCC(CNC(=O)CSCC(=O)O)C1. The van der Waals surface area contributed by atoms with Gasteiger partial charge in [-0.1, -0.05) is 0 Å². The first-order valence-electron chi connectivity index (χ1n) is 5.82. The number of carbonyl (C=O) groups is 2. The van der Waals surface area contributed by atoms with Crippen molar-refractivity contribution in [1.82, 2.24) is 10.2 Å². The molecule has 1 unspecified atom stereocenters. The van der Waals surface area contributed by atoms with Gasteiger partial charge in [-0.05, 0) is 32.4 Å². The molecular formula is C11H20N2O3S. The van der Waals surface area contributed by atoms with E-state index in [1.165, 1.54) is 6.42 Å². The van der Waals surface area contributed by atoms with E-state index in [0.29, 0.717) is 12.5 Å². The van der Waals surface area contributed by atoms with Gasteiger partial charge >= 0.3 is 5.97 Å². The van der Waals surface area contributed by atoms with Gasteiger partial charge in [-0.2, -0.15) is 0 Å². The van der Waals surface area contributed by atoms with Gasteiger partial charge in [0.2, 0.25) is 5.91 Å². The number of nitrogens with one attached hydrogen (secondary N) is 1. The van der Waals surface area contributed by atoms with Crippen LogP contribution in [0.25, 0.3) is 0 Å². The van der Waals surface area contributed by atoms with Crippen LogP contribution < -0.4 is 5.32 Å². The van der Waals surface area contributed by atoms with E-state index in [-0.39, 0.29) is 17.4 Å². The van der Waals surface area contributed by atoms with Crippen LogP contribution in [0.15, 0.2) is 0 Å². The number of carboxylic acid groups (broad SMARTS) is 1. The summed E-state index contributed by atoms with van der Waals surface area (Å²) in [7, 11) is 2.09. The highest BCUT2D eigenvalue weighted by Gasteiger charge is 2.17. The van der Waals surface area contributed by atoms with E-state index < -0.39 is 5.97 Å². The van der Waals surface area contributed by atoms with Crippen LogP contribution in [0.2, 0.25) is 0 Å². The lowest BCUT2D eigenvalue weighted by Gasteiger charge is -2.29. The molecule has 0 aliphatic carbocycles. The zero-order chi connectivity index (χ0) is 12.7. The Bertz CT molecular complexity index is 273. The average Bonchev–Trinajstić information content (AvgIpc) is 2.26. The highest BCUT2D eigenvalue weighted by molar-refractivity contribution is 8.00. The first-order valence-corrected chi connectivity index (χ1v) is 6.98. The summed E-state index contributed by atoms with van der Waals surface area (Å²) in [5.41, 5.74) is 0. The Balaban J connectivity index is 2.08. The van der Waals surface area contributed by atoms with Gasteiger partial charge < -0.3 is 15.3 Å². The van der Waals surface area contributed by atoms with Gasteiger partial charge in [0, 0.05) is 13.1 Å². The predicted octanol–water partition coefficient (Wildman–Crippen LogP) is 0.262. The van der Waals surface area contributed by atoms with Crippen molar-refractivity contribution in [3.63, 3.8) is 0 Å². The third kappa shape index (κ3) is 6.53. The van der Waals surface area contributed by atoms with Gasteiger partial charge in [0.05, 0.1) is 11.5 Å². The monoisotopic (exact) mass is 260 g/mol. The van der Waals surface area contributed by atoms with Gasteiger partial charge in [0.25, 0.3) is 0 Å². The standard InChI is InChI=1S/C11H20N2O3S/c1-13-4-2-3-9(6-13)5-12-10(14)7-17-8-11(15)16/h9H,2-8H2,1H3,(H,12,14)(H,15,16). The molecule has 5 nitrogen and oxygen atoms in total. The van der Waals surface area contributed by atoms with Crippen molar-refractivity contribution in [3.05, 3.63) is 0 Å². The molecule has 0 saturated carbocycles. The molecule has 1 amide bonds. The Morgan fingerprint density at radius 3 is 2.88 bits per heavy atom. The van der Waals surface area contributed by atoms with Crippen molar-refractivity contribution in [3.8, 4) is 0 Å². The second kappa shape index (κ2) is 7.55. The summed E-state index contributed by atoms with van der Waals surface area (Å²) in [5.74, 6) is -0.197. The van der Waals surface area contributed by atoms with E-state index in [0.717, 1.165) is 31.3 Å². The van der Waals surface area contributed by atoms with Gasteiger partial charge in [-0.25, -0.2) is 0 Å². The minimum atomic E-state index is -0.878. The van der Waals surface area contributed by atoms with Gasteiger partial charge in [0.1, 0.15) is 0 Å². The number of carbonyl (C=O) groups excluding carboxylic acids is 1. The third-order valence-corrected chi connectivity index (χ3v) is 3.69. The van der Waals surface area contributed by atoms with Crippen molar-refractivity contribution >= 4 is 23.6 Å². The summed E-state index contributed by atoms with van der Waals surface area (Å²) in [6, 6.07) is 0. The maximum absolute atomic E-state index is 11.4. The van der Waals surface area contributed by atoms with Crippen molar-refractivity contribution in [2.75, 3.05) is 38.2 Å². The number of rotatable bonds is 6. The fourth-order valence-electron chi connectivity index (χ4n) is 1.98. The summed E-state index contributed by atoms with van der Waals surface area (Å²) in [4.78, 5) is 24.0.